The van der Waals surface area contributed by atoms with Crippen molar-refractivity contribution in [3.63, 3.8) is 0 Å². The quantitative estimate of drug-likeness (QED) is 0.592. The molecule has 4 rings (SSSR count). The van der Waals surface area contributed by atoms with Gasteiger partial charge in [0.1, 0.15) is 0 Å². The molecule has 1 aromatic carbocycles. The lowest BCUT2D eigenvalue weighted by Crippen LogP contribution is -2.36. The molecule has 168 valence electrons. The molecule has 32 heavy (non-hydrogen) atoms. The molecule has 1 unspecified atom stereocenters. The van der Waals surface area contributed by atoms with Crippen molar-refractivity contribution in [1.29, 1.82) is 0 Å². The van der Waals surface area contributed by atoms with Crippen LogP contribution in [0.1, 0.15) is 21.7 Å². The number of aryl methyl sites for hydroxylation is 1. The number of carbonyl (C=O) groups is 1. The summed E-state index contributed by atoms with van der Waals surface area (Å²) in [7, 11) is -3.76. The molecule has 10 heteroatoms. The van der Waals surface area contributed by atoms with Crippen molar-refractivity contribution in [3.05, 3.63) is 71.0 Å². The van der Waals surface area contributed by atoms with Crippen molar-refractivity contribution in [3.8, 4) is 0 Å². The van der Waals surface area contributed by atoms with Gasteiger partial charge in [-0.2, -0.15) is 0 Å². The minimum absolute atomic E-state index is 0.0758. The number of nitrogens with one attached hydrogen (secondary N) is 1. The number of amides is 1. The fourth-order valence-corrected chi connectivity index (χ4v) is 5.39. The molecule has 8 nitrogen and oxygen atoms in total. The topological polar surface area (TPSA) is 101 Å². The maximum Gasteiger partial charge on any atom is 0.263 e. The average molecular weight is 473 g/mol. The molecule has 0 bridgehead atoms. The average Bonchev–Trinajstić information content (AvgIpc) is 3.16. The van der Waals surface area contributed by atoms with Crippen molar-refractivity contribution < 1.29 is 17.9 Å². The summed E-state index contributed by atoms with van der Waals surface area (Å²) in [6.45, 7) is 4.04. The van der Waals surface area contributed by atoms with Gasteiger partial charge in [-0.05, 0) is 49.7 Å². The van der Waals surface area contributed by atoms with Crippen LogP contribution in [-0.2, 0) is 21.2 Å². The third kappa shape index (κ3) is 5.50. The third-order valence-corrected chi connectivity index (χ3v) is 7.31. The first-order valence-electron chi connectivity index (χ1n) is 10.2. The highest BCUT2D eigenvalue weighted by molar-refractivity contribution is 7.93. The number of hydrogen-bond donors (Lipinski definition) is 1. The predicted molar refractivity (Wildman–Crippen MR) is 122 cm³/mol. The van der Waals surface area contributed by atoms with Crippen molar-refractivity contribution in [1.82, 2.24) is 14.9 Å². The van der Waals surface area contributed by atoms with Gasteiger partial charge in [0.2, 0.25) is 0 Å². The van der Waals surface area contributed by atoms with Crippen LogP contribution in [-0.4, -0.2) is 55.5 Å². The van der Waals surface area contributed by atoms with E-state index in [2.05, 4.69) is 14.7 Å². The summed E-state index contributed by atoms with van der Waals surface area (Å²) in [5.41, 5.74) is 2.38. The second-order valence-electron chi connectivity index (χ2n) is 7.63. The van der Waals surface area contributed by atoms with Gasteiger partial charge in [0.05, 0.1) is 18.1 Å². The first-order valence-corrected chi connectivity index (χ1v) is 12.6. The number of carbonyl (C=O) groups excluding carboxylic acids is 1. The van der Waals surface area contributed by atoms with E-state index < -0.39 is 10.0 Å². The molecule has 3 aromatic rings. The van der Waals surface area contributed by atoms with Crippen LogP contribution in [0.3, 0.4) is 0 Å². The zero-order valence-corrected chi connectivity index (χ0v) is 19.2. The first kappa shape index (κ1) is 22.4. The predicted octanol–water partition coefficient (Wildman–Crippen LogP) is 2.98. The zero-order chi connectivity index (χ0) is 22.6. The minimum Gasteiger partial charge on any atom is -0.379 e. The van der Waals surface area contributed by atoms with Crippen LogP contribution in [0.2, 0.25) is 0 Å². The first-order chi connectivity index (χ1) is 15.4. The SMILES string of the molecule is Cc1cccc(CC2COCCN(C(=O)c3ccc(S(=O)(=O)Nc4nccs4)cc3)C2)n1. The van der Waals surface area contributed by atoms with Crippen molar-refractivity contribution in [2.24, 2.45) is 5.92 Å². The highest BCUT2D eigenvalue weighted by Gasteiger charge is 2.25. The lowest BCUT2D eigenvalue weighted by Gasteiger charge is -2.23. The van der Waals surface area contributed by atoms with E-state index in [1.54, 1.807) is 22.4 Å². The summed E-state index contributed by atoms with van der Waals surface area (Å²) < 4.78 is 33.2. The molecule has 1 N–H and O–H groups in total. The van der Waals surface area contributed by atoms with Gasteiger partial charge in [0.25, 0.3) is 15.9 Å². The molecule has 0 saturated carbocycles. The van der Waals surface area contributed by atoms with Crippen molar-refractivity contribution in [2.75, 3.05) is 31.0 Å². The van der Waals surface area contributed by atoms with Gasteiger partial charge in [-0.25, -0.2) is 13.4 Å². The van der Waals surface area contributed by atoms with E-state index in [0.29, 0.717) is 37.0 Å². The largest absolute Gasteiger partial charge is 0.379 e. The van der Waals surface area contributed by atoms with E-state index in [0.717, 1.165) is 17.8 Å². The van der Waals surface area contributed by atoms with Crippen LogP contribution in [0.25, 0.3) is 0 Å². The number of thiazole rings is 1. The number of sulfonamides is 1. The number of ether oxygens (including phenoxy) is 1. The Kier molecular flexibility index (Phi) is 6.83. The Hall–Kier alpha value is -2.82. The Morgan fingerprint density at radius 3 is 2.78 bits per heavy atom. The molecule has 1 fully saturated rings. The summed E-state index contributed by atoms with van der Waals surface area (Å²) in [6.07, 6.45) is 2.25. The van der Waals surface area contributed by atoms with Gasteiger partial charge in [0.15, 0.2) is 5.13 Å². The molecule has 3 heterocycles. The normalized spacial score (nSPS) is 17.0. The fraction of sp³-hybridized carbons (Fsp3) is 0.318. The molecule has 1 aliphatic rings. The number of nitrogens with zero attached hydrogens (tertiary/aromatic N) is 3. The Morgan fingerprint density at radius 1 is 1.25 bits per heavy atom. The van der Waals surface area contributed by atoms with Gasteiger partial charge in [-0.15, -0.1) is 11.3 Å². The summed E-state index contributed by atoms with van der Waals surface area (Å²) in [4.78, 5) is 23.4. The number of benzene rings is 1. The molecule has 1 aliphatic heterocycles. The zero-order valence-electron chi connectivity index (χ0n) is 17.6. The van der Waals surface area contributed by atoms with Crippen LogP contribution in [0.4, 0.5) is 5.13 Å². The van der Waals surface area contributed by atoms with Crippen LogP contribution in [0.15, 0.2) is 58.9 Å². The third-order valence-electron chi connectivity index (χ3n) is 5.13. The van der Waals surface area contributed by atoms with Gasteiger partial charge < -0.3 is 9.64 Å². The molecule has 1 atom stereocenters. The molecule has 1 amide bonds. The van der Waals surface area contributed by atoms with E-state index in [9.17, 15) is 13.2 Å². The van der Waals surface area contributed by atoms with Crippen LogP contribution >= 0.6 is 11.3 Å². The van der Waals surface area contributed by atoms with Crippen LogP contribution in [0, 0.1) is 12.8 Å². The molecular formula is C22H24N4O4S2. The molecule has 2 aromatic heterocycles. The van der Waals surface area contributed by atoms with Gasteiger partial charge in [-0.1, -0.05) is 6.07 Å². The molecule has 1 saturated heterocycles. The molecule has 0 spiro atoms. The molecular weight excluding hydrogens is 448 g/mol. The Morgan fingerprint density at radius 2 is 2.06 bits per heavy atom. The lowest BCUT2D eigenvalue weighted by atomic mass is 10.0. The van der Waals surface area contributed by atoms with Crippen LogP contribution < -0.4 is 4.72 Å². The Bertz CT molecular complexity index is 1160. The minimum atomic E-state index is -3.76. The summed E-state index contributed by atoms with van der Waals surface area (Å²) in [5.74, 6) is -0.00701. The lowest BCUT2D eigenvalue weighted by molar-refractivity contribution is 0.0737. The van der Waals surface area contributed by atoms with E-state index in [-0.39, 0.29) is 16.7 Å². The number of hydrogen-bond acceptors (Lipinski definition) is 7. The van der Waals surface area contributed by atoms with Crippen LogP contribution in [0.5, 0.6) is 0 Å². The smallest absolute Gasteiger partial charge is 0.263 e. The van der Waals surface area contributed by atoms with E-state index in [4.69, 9.17) is 4.74 Å². The maximum absolute atomic E-state index is 13.1. The number of pyridine rings is 1. The summed E-state index contributed by atoms with van der Waals surface area (Å²) in [6, 6.07) is 11.9. The number of anilines is 1. The number of aromatic nitrogens is 2. The van der Waals surface area contributed by atoms with E-state index in [1.165, 1.54) is 29.7 Å². The highest BCUT2D eigenvalue weighted by atomic mass is 32.2. The van der Waals surface area contributed by atoms with Gasteiger partial charge >= 0.3 is 0 Å². The second kappa shape index (κ2) is 9.76. The monoisotopic (exact) mass is 472 g/mol. The fourth-order valence-electron chi connectivity index (χ4n) is 3.60. The van der Waals surface area contributed by atoms with Crippen molar-refractivity contribution >= 4 is 32.4 Å². The molecule has 0 radical (unpaired) electrons. The highest BCUT2D eigenvalue weighted by Crippen LogP contribution is 2.20. The van der Waals surface area contributed by atoms with E-state index in [1.807, 2.05) is 25.1 Å². The van der Waals surface area contributed by atoms with E-state index >= 15 is 0 Å². The Balaban J connectivity index is 1.44. The van der Waals surface area contributed by atoms with Crippen molar-refractivity contribution in [2.45, 2.75) is 18.2 Å². The van der Waals surface area contributed by atoms with Gasteiger partial charge in [-0.3, -0.25) is 14.5 Å². The standard InChI is InChI=1S/C22H24N4O4S2/c1-16-3-2-4-19(24-16)13-17-14-26(10-11-30-15-17)21(27)18-5-7-20(8-6-18)32(28,29)25-22-23-9-12-31-22/h2-9,12,17H,10-11,13-15H2,1H3,(H,23,25). The second-order valence-corrected chi connectivity index (χ2v) is 10.2. The Labute approximate surface area is 191 Å². The summed E-state index contributed by atoms with van der Waals surface area (Å²) >= 11 is 1.20. The number of rotatable bonds is 6. The molecule has 0 aliphatic carbocycles. The maximum atomic E-state index is 13.1. The van der Waals surface area contributed by atoms with Gasteiger partial charge in [0, 0.05) is 47.5 Å². The summed E-state index contributed by atoms with van der Waals surface area (Å²) in [5, 5.41) is 1.98.